The van der Waals surface area contributed by atoms with E-state index in [1.807, 2.05) is 59.5 Å². The molecule has 1 amide bonds. The lowest BCUT2D eigenvalue weighted by Crippen LogP contribution is -2.41. The van der Waals surface area contributed by atoms with E-state index >= 15 is 0 Å². The number of carbonyl (C=O) groups is 1. The van der Waals surface area contributed by atoms with E-state index in [2.05, 4.69) is 68.4 Å². The number of halogens is 3. The molecule has 1 aliphatic heterocycles. The lowest BCUT2D eigenvalue weighted by molar-refractivity contribution is 0.0380. The second-order valence-corrected chi connectivity index (χ2v) is 14.6. The topological polar surface area (TPSA) is 96.9 Å². The number of hydrogen-bond acceptors (Lipinski definition) is 6. The summed E-state index contributed by atoms with van der Waals surface area (Å²) >= 11 is 15.4. The van der Waals surface area contributed by atoms with Crippen molar-refractivity contribution < 1.29 is 9.53 Å². The summed E-state index contributed by atoms with van der Waals surface area (Å²) in [5, 5.41) is 15.7. The Bertz CT molecular complexity index is 1700. The van der Waals surface area contributed by atoms with Crippen molar-refractivity contribution >= 4 is 51.7 Å². The molecule has 0 bridgehead atoms. The summed E-state index contributed by atoms with van der Waals surface area (Å²) in [7, 11) is 0. The maximum atomic E-state index is 14.2. The number of rotatable bonds is 7. The molecule has 1 atom stereocenters. The lowest BCUT2D eigenvalue weighted by Gasteiger charge is -2.33. The summed E-state index contributed by atoms with van der Waals surface area (Å²) in [6.07, 6.45) is 10.2. The number of likely N-dealkylation sites (tertiary alicyclic amines) is 1. The Kier molecular flexibility index (Phi) is 9.34. The number of aromatic nitrogens is 5. The first-order chi connectivity index (χ1) is 21.3. The van der Waals surface area contributed by atoms with Crippen LogP contribution in [-0.4, -0.2) is 59.0 Å². The summed E-state index contributed by atoms with van der Waals surface area (Å²) < 4.78 is 6.53. The molecule has 44 heavy (non-hydrogen) atoms. The average Bonchev–Trinajstić information content (AvgIpc) is 3.47. The van der Waals surface area contributed by atoms with E-state index < -0.39 is 0 Å². The highest BCUT2D eigenvalue weighted by atomic mass is 127. The van der Waals surface area contributed by atoms with Gasteiger partial charge in [0.25, 0.3) is 5.91 Å². The van der Waals surface area contributed by atoms with Gasteiger partial charge in [0.1, 0.15) is 11.8 Å². The van der Waals surface area contributed by atoms with Crippen LogP contribution in [0.2, 0.25) is 10.0 Å². The summed E-state index contributed by atoms with van der Waals surface area (Å²) in [6, 6.07) is 17.0. The number of alkyl halides is 1. The van der Waals surface area contributed by atoms with Crippen LogP contribution in [0.3, 0.4) is 0 Å². The van der Waals surface area contributed by atoms with Gasteiger partial charge in [-0.15, -0.1) is 10.2 Å². The van der Waals surface area contributed by atoms with Gasteiger partial charge in [-0.1, -0.05) is 93.5 Å². The van der Waals surface area contributed by atoms with Gasteiger partial charge in [0.05, 0.1) is 11.5 Å². The molecule has 8 nitrogen and oxygen atoms in total. The number of tetrazole rings is 1. The van der Waals surface area contributed by atoms with Gasteiger partial charge in [0.15, 0.2) is 5.82 Å². The molecule has 4 aromatic rings. The third-order valence-corrected chi connectivity index (χ3v) is 9.44. The highest BCUT2D eigenvalue weighted by molar-refractivity contribution is 14.1. The predicted molar refractivity (Wildman–Crippen MR) is 181 cm³/mol. The predicted octanol–water partition coefficient (Wildman–Crippen LogP) is 7.88. The van der Waals surface area contributed by atoms with E-state index in [1.54, 1.807) is 0 Å². The number of ether oxygens (including phenoxy) is 1. The first-order valence-electron chi connectivity index (χ1n) is 14.6. The number of nitrogens with one attached hydrogen (secondary N) is 1. The number of pyridine rings is 1. The van der Waals surface area contributed by atoms with Crippen molar-refractivity contribution in [2.75, 3.05) is 13.1 Å². The number of H-pyrrole nitrogens is 1. The van der Waals surface area contributed by atoms with Crippen molar-refractivity contribution in [1.82, 2.24) is 30.5 Å². The number of piperidine rings is 1. The van der Waals surface area contributed by atoms with Gasteiger partial charge >= 0.3 is 0 Å². The monoisotopic (exact) mass is 740 g/mol. The molecule has 2 aromatic carbocycles. The Hall–Kier alpha value is -3.28. The fraction of sp³-hybridized carbons (Fsp3) is 0.303. The molecule has 6 rings (SSSR count). The van der Waals surface area contributed by atoms with E-state index in [0.29, 0.717) is 45.9 Å². The average molecular weight is 741 g/mol. The molecule has 0 spiro atoms. The number of aromatic amines is 1. The molecule has 2 aromatic heterocycles. The summed E-state index contributed by atoms with van der Waals surface area (Å²) in [4.78, 5) is 21.1. The normalized spacial score (nSPS) is 19.0. The Balaban J connectivity index is 1.31. The molecular formula is C33H31Cl2IN6O2. The summed E-state index contributed by atoms with van der Waals surface area (Å²) in [5.41, 5.74) is 4.12. The molecule has 0 radical (unpaired) electrons. The zero-order chi connectivity index (χ0) is 30.7. The third-order valence-electron chi connectivity index (χ3n) is 7.96. The van der Waals surface area contributed by atoms with Gasteiger partial charge in [0.2, 0.25) is 0 Å². The molecule has 2 aliphatic rings. The zero-order valence-electron chi connectivity index (χ0n) is 24.1. The van der Waals surface area contributed by atoms with Crippen molar-refractivity contribution in [1.29, 1.82) is 0 Å². The zero-order valence-corrected chi connectivity index (χ0v) is 27.8. The molecule has 1 N–H and O–H groups in total. The van der Waals surface area contributed by atoms with Crippen LogP contribution in [0.25, 0.3) is 22.4 Å². The molecule has 1 fully saturated rings. The van der Waals surface area contributed by atoms with Crippen molar-refractivity contribution in [2.45, 2.75) is 48.6 Å². The number of nitrogens with zero attached hydrogens (tertiary/aromatic N) is 5. The van der Waals surface area contributed by atoms with Crippen LogP contribution >= 0.6 is 45.8 Å². The van der Waals surface area contributed by atoms with E-state index in [-0.39, 0.29) is 21.9 Å². The Morgan fingerprint density at radius 1 is 1.11 bits per heavy atom. The first kappa shape index (κ1) is 30.7. The maximum absolute atomic E-state index is 14.2. The minimum atomic E-state index is -0.143. The van der Waals surface area contributed by atoms with Crippen LogP contribution in [0.15, 0.2) is 78.6 Å². The van der Waals surface area contributed by atoms with Crippen LogP contribution in [0.4, 0.5) is 0 Å². The lowest BCUT2D eigenvalue weighted by atomic mass is 9.94. The molecular weight excluding hydrogens is 710 g/mol. The van der Waals surface area contributed by atoms with Gasteiger partial charge in [-0.05, 0) is 54.8 Å². The van der Waals surface area contributed by atoms with Crippen LogP contribution in [0.1, 0.15) is 54.5 Å². The minimum Gasteiger partial charge on any atom is -0.495 e. The molecule has 3 heterocycles. The molecule has 0 saturated carbocycles. The Morgan fingerprint density at radius 3 is 2.61 bits per heavy atom. The molecule has 226 valence electrons. The second-order valence-electron chi connectivity index (χ2n) is 11.3. The van der Waals surface area contributed by atoms with Gasteiger partial charge in [0, 0.05) is 63.4 Å². The van der Waals surface area contributed by atoms with Gasteiger partial charge in [-0.3, -0.25) is 4.79 Å². The Labute approximate surface area is 280 Å². The van der Waals surface area contributed by atoms with Crippen LogP contribution < -0.4 is 0 Å². The Morgan fingerprint density at radius 2 is 1.89 bits per heavy atom. The molecule has 1 saturated heterocycles. The highest BCUT2D eigenvalue weighted by Crippen LogP contribution is 2.37. The number of amides is 1. The van der Waals surface area contributed by atoms with Crippen LogP contribution in [0, 0.1) is 0 Å². The SMILES string of the molecule is CC1(I)C=CC=C(OC2CCN(C(=O)c3nc(-c4ccccc4Cl)c(-c4ccc(Cl)cc4)cc3Cc3nn[nH]n3)CC2)CC1. The highest BCUT2D eigenvalue weighted by Gasteiger charge is 2.30. The van der Waals surface area contributed by atoms with Crippen LogP contribution in [0.5, 0.6) is 0 Å². The van der Waals surface area contributed by atoms with E-state index in [1.165, 1.54) is 0 Å². The largest absolute Gasteiger partial charge is 0.495 e. The molecule has 1 unspecified atom stereocenters. The summed E-state index contributed by atoms with van der Waals surface area (Å²) in [6.45, 7) is 3.37. The van der Waals surface area contributed by atoms with Crippen molar-refractivity contribution in [2.24, 2.45) is 0 Å². The van der Waals surface area contributed by atoms with Crippen molar-refractivity contribution in [3.05, 3.63) is 106 Å². The van der Waals surface area contributed by atoms with E-state index in [4.69, 9.17) is 32.9 Å². The molecule has 11 heteroatoms. The second kappa shape index (κ2) is 13.4. The van der Waals surface area contributed by atoms with Gasteiger partial charge in [-0.25, -0.2) is 4.98 Å². The summed E-state index contributed by atoms with van der Waals surface area (Å²) in [5.74, 6) is 1.33. The van der Waals surface area contributed by atoms with Crippen molar-refractivity contribution in [3.63, 3.8) is 0 Å². The number of benzene rings is 2. The minimum absolute atomic E-state index is 0.0648. The third kappa shape index (κ3) is 7.16. The maximum Gasteiger partial charge on any atom is 0.272 e. The quantitative estimate of drug-likeness (QED) is 0.153. The smallest absolute Gasteiger partial charge is 0.272 e. The fourth-order valence-corrected chi connectivity index (χ4v) is 6.37. The van der Waals surface area contributed by atoms with E-state index in [9.17, 15) is 4.79 Å². The van der Waals surface area contributed by atoms with E-state index in [0.717, 1.165) is 48.1 Å². The fourth-order valence-electron chi connectivity index (χ4n) is 5.54. The number of hydrogen-bond donors (Lipinski definition) is 1. The van der Waals surface area contributed by atoms with Crippen LogP contribution in [-0.2, 0) is 11.2 Å². The van der Waals surface area contributed by atoms with Gasteiger partial charge < -0.3 is 9.64 Å². The standard InChI is InChI=1S/C33H31Cl2IN6O2/c1-33(36)15-4-5-24(12-16-33)44-25-13-17-42(18-14-25)32(43)30-22(20-29-38-40-41-39-29)19-27(21-8-10-23(34)11-9-21)31(37-30)26-6-2-3-7-28(26)35/h2-11,15,19,25H,12-14,16-18,20H2,1H3,(H,38,39,40,41). The molecule has 1 aliphatic carbocycles. The van der Waals surface area contributed by atoms with Gasteiger partial charge in [-0.2, -0.15) is 5.21 Å². The first-order valence-corrected chi connectivity index (χ1v) is 16.4. The number of allylic oxidation sites excluding steroid dienone is 4. The number of carbonyl (C=O) groups excluding carboxylic acids is 1. The van der Waals surface area contributed by atoms with Crippen molar-refractivity contribution in [3.8, 4) is 22.4 Å².